The summed E-state index contributed by atoms with van der Waals surface area (Å²) in [4.78, 5) is 11.8. The molecule has 1 N–H and O–H groups in total. The van der Waals surface area contributed by atoms with Crippen LogP contribution in [0.5, 0.6) is 0 Å². The molecule has 2 rings (SSSR count). The lowest BCUT2D eigenvalue weighted by atomic mass is 10.1. The number of nitrogens with one attached hydrogen (secondary N) is 1. The van der Waals surface area contributed by atoms with Crippen molar-refractivity contribution in [3.63, 3.8) is 0 Å². The number of amides is 1. The van der Waals surface area contributed by atoms with Crippen molar-refractivity contribution in [2.24, 2.45) is 0 Å². The molecule has 118 valence electrons. The molecule has 1 aromatic carbocycles. The maximum atomic E-state index is 11.8. The van der Waals surface area contributed by atoms with Gasteiger partial charge in [0.2, 0.25) is 5.91 Å². The third kappa shape index (κ3) is 5.98. The van der Waals surface area contributed by atoms with Crippen molar-refractivity contribution in [2.75, 3.05) is 12.3 Å². The Kier molecular flexibility index (Phi) is 7.10. The molecule has 0 atom stereocenters. The second kappa shape index (κ2) is 9.36. The maximum absolute atomic E-state index is 11.8. The zero-order chi connectivity index (χ0) is 15.6. The Morgan fingerprint density at radius 1 is 1.18 bits per heavy atom. The van der Waals surface area contributed by atoms with Gasteiger partial charge in [-0.05, 0) is 36.1 Å². The van der Waals surface area contributed by atoms with Crippen LogP contribution in [0.25, 0.3) is 0 Å². The van der Waals surface area contributed by atoms with Crippen molar-refractivity contribution in [2.45, 2.75) is 31.9 Å². The van der Waals surface area contributed by atoms with Gasteiger partial charge >= 0.3 is 0 Å². The fourth-order valence-corrected chi connectivity index (χ4v) is 2.87. The molecular formula is C18H23NO2S. The van der Waals surface area contributed by atoms with Gasteiger partial charge in [0.25, 0.3) is 0 Å². The van der Waals surface area contributed by atoms with Crippen LogP contribution in [0.1, 0.15) is 30.2 Å². The number of benzene rings is 1. The van der Waals surface area contributed by atoms with E-state index >= 15 is 0 Å². The smallest absolute Gasteiger partial charge is 0.220 e. The average Bonchev–Trinajstić information content (AvgIpc) is 3.06. The summed E-state index contributed by atoms with van der Waals surface area (Å²) in [6.07, 6.45) is 4.09. The fraction of sp³-hybridized carbons (Fsp3) is 0.389. The van der Waals surface area contributed by atoms with Gasteiger partial charge < -0.3 is 9.73 Å². The van der Waals surface area contributed by atoms with Crippen LogP contribution in [0.2, 0.25) is 0 Å². The number of thioether (sulfide) groups is 1. The summed E-state index contributed by atoms with van der Waals surface area (Å²) < 4.78 is 5.26. The minimum absolute atomic E-state index is 0.123. The van der Waals surface area contributed by atoms with Crippen molar-refractivity contribution in [1.29, 1.82) is 0 Å². The van der Waals surface area contributed by atoms with E-state index in [-0.39, 0.29) is 5.91 Å². The third-order valence-corrected chi connectivity index (χ3v) is 4.45. The topological polar surface area (TPSA) is 42.2 Å². The predicted molar refractivity (Wildman–Crippen MR) is 92.0 cm³/mol. The van der Waals surface area contributed by atoms with Gasteiger partial charge in [0.15, 0.2) is 0 Å². The molecule has 0 aliphatic carbocycles. The molecule has 0 saturated heterocycles. The number of carbonyl (C=O) groups is 1. The highest BCUT2D eigenvalue weighted by Gasteiger charge is 2.02. The van der Waals surface area contributed by atoms with Crippen LogP contribution < -0.4 is 5.32 Å². The summed E-state index contributed by atoms with van der Waals surface area (Å²) in [5.74, 6) is 2.86. The Balaban J connectivity index is 1.55. The van der Waals surface area contributed by atoms with Gasteiger partial charge in [-0.2, -0.15) is 11.8 Å². The van der Waals surface area contributed by atoms with Crippen LogP contribution in [0.3, 0.4) is 0 Å². The molecule has 0 aliphatic heterocycles. The van der Waals surface area contributed by atoms with E-state index in [4.69, 9.17) is 4.42 Å². The summed E-state index contributed by atoms with van der Waals surface area (Å²) in [5, 5.41) is 2.97. The van der Waals surface area contributed by atoms with Gasteiger partial charge in [-0.25, -0.2) is 0 Å². The Hall–Kier alpha value is -1.68. The number of hydrogen-bond donors (Lipinski definition) is 1. The molecule has 1 amide bonds. The lowest BCUT2D eigenvalue weighted by Crippen LogP contribution is -2.25. The van der Waals surface area contributed by atoms with Crippen LogP contribution in [0.15, 0.2) is 47.1 Å². The summed E-state index contributed by atoms with van der Waals surface area (Å²) >= 11 is 1.76. The first-order valence-electron chi connectivity index (χ1n) is 7.72. The lowest BCUT2D eigenvalue weighted by Gasteiger charge is -2.05. The minimum Gasteiger partial charge on any atom is -0.468 e. The zero-order valence-electron chi connectivity index (χ0n) is 13.0. The van der Waals surface area contributed by atoms with Gasteiger partial charge in [0.05, 0.1) is 12.0 Å². The molecule has 1 heterocycles. The third-order valence-electron chi connectivity index (χ3n) is 3.46. The Labute approximate surface area is 136 Å². The van der Waals surface area contributed by atoms with Gasteiger partial charge in [-0.1, -0.05) is 31.2 Å². The molecule has 22 heavy (non-hydrogen) atoms. The molecule has 0 fully saturated rings. The van der Waals surface area contributed by atoms with E-state index in [1.165, 1.54) is 11.1 Å². The monoisotopic (exact) mass is 317 g/mol. The Morgan fingerprint density at radius 2 is 1.95 bits per heavy atom. The van der Waals surface area contributed by atoms with Crippen LogP contribution >= 0.6 is 11.8 Å². The molecule has 1 aromatic heterocycles. The van der Waals surface area contributed by atoms with E-state index < -0.39 is 0 Å². The van der Waals surface area contributed by atoms with Gasteiger partial charge in [-0.15, -0.1) is 0 Å². The Morgan fingerprint density at radius 3 is 2.64 bits per heavy atom. The number of furan rings is 1. The largest absolute Gasteiger partial charge is 0.468 e. The van der Waals surface area contributed by atoms with Crippen molar-refractivity contribution in [1.82, 2.24) is 5.32 Å². The number of carbonyl (C=O) groups excluding carboxylic acids is 1. The second-order valence-corrected chi connectivity index (χ2v) is 6.26. The van der Waals surface area contributed by atoms with Crippen LogP contribution in [0.4, 0.5) is 0 Å². The maximum Gasteiger partial charge on any atom is 0.220 e. The number of rotatable bonds is 9. The molecule has 4 heteroatoms. The van der Waals surface area contributed by atoms with Crippen molar-refractivity contribution in [3.8, 4) is 0 Å². The molecule has 0 unspecified atom stereocenters. The average molecular weight is 317 g/mol. The molecular weight excluding hydrogens is 294 g/mol. The van der Waals surface area contributed by atoms with E-state index in [1.54, 1.807) is 18.0 Å². The SMILES string of the molecule is CCc1ccc(CCC(=O)NCCSCc2ccco2)cc1. The number of hydrogen-bond acceptors (Lipinski definition) is 3. The predicted octanol–water partition coefficient (Wildman–Crippen LogP) is 3.82. The molecule has 0 saturated carbocycles. The van der Waals surface area contributed by atoms with Crippen molar-refractivity contribution < 1.29 is 9.21 Å². The van der Waals surface area contributed by atoms with E-state index in [2.05, 4.69) is 36.5 Å². The van der Waals surface area contributed by atoms with Crippen LogP contribution in [-0.2, 0) is 23.4 Å². The fourth-order valence-electron chi connectivity index (χ4n) is 2.12. The summed E-state index contributed by atoms with van der Waals surface area (Å²) in [7, 11) is 0. The molecule has 2 aromatic rings. The first kappa shape index (κ1) is 16.7. The minimum atomic E-state index is 0.123. The standard InChI is InChI=1S/C18H23NO2S/c1-2-15-5-7-16(8-6-15)9-10-18(20)19-11-13-22-14-17-4-3-12-21-17/h3-8,12H,2,9-11,13-14H2,1H3,(H,19,20). The zero-order valence-corrected chi connectivity index (χ0v) is 13.8. The summed E-state index contributed by atoms with van der Waals surface area (Å²) in [5.41, 5.74) is 2.56. The highest BCUT2D eigenvalue weighted by molar-refractivity contribution is 7.98. The van der Waals surface area contributed by atoms with Gasteiger partial charge in [-0.3, -0.25) is 4.79 Å². The normalized spacial score (nSPS) is 10.6. The molecule has 3 nitrogen and oxygen atoms in total. The molecule has 0 aliphatic rings. The van der Waals surface area contributed by atoms with E-state index in [0.29, 0.717) is 13.0 Å². The second-order valence-electron chi connectivity index (χ2n) is 5.15. The highest BCUT2D eigenvalue weighted by Crippen LogP contribution is 2.11. The van der Waals surface area contributed by atoms with Crippen molar-refractivity contribution >= 4 is 17.7 Å². The van der Waals surface area contributed by atoms with Crippen LogP contribution in [-0.4, -0.2) is 18.2 Å². The quantitative estimate of drug-likeness (QED) is 0.715. The van der Waals surface area contributed by atoms with E-state index in [1.807, 2.05) is 12.1 Å². The highest BCUT2D eigenvalue weighted by atomic mass is 32.2. The van der Waals surface area contributed by atoms with E-state index in [0.717, 1.165) is 30.1 Å². The van der Waals surface area contributed by atoms with Gasteiger partial charge in [0.1, 0.15) is 5.76 Å². The molecule has 0 spiro atoms. The lowest BCUT2D eigenvalue weighted by molar-refractivity contribution is -0.120. The first-order valence-corrected chi connectivity index (χ1v) is 8.88. The van der Waals surface area contributed by atoms with Gasteiger partial charge in [0, 0.05) is 18.7 Å². The first-order chi connectivity index (χ1) is 10.8. The molecule has 0 bridgehead atoms. The summed E-state index contributed by atoms with van der Waals surface area (Å²) in [6, 6.07) is 12.4. The molecule has 0 radical (unpaired) electrons. The van der Waals surface area contributed by atoms with E-state index in [9.17, 15) is 4.79 Å². The summed E-state index contributed by atoms with van der Waals surface area (Å²) in [6.45, 7) is 2.85. The van der Waals surface area contributed by atoms with Crippen molar-refractivity contribution in [3.05, 3.63) is 59.5 Å². The number of aryl methyl sites for hydroxylation is 2. The van der Waals surface area contributed by atoms with Crippen LogP contribution in [0, 0.1) is 0 Å². The Bertz CT molecular complexity index is 549.